The van der Waals surface area contributed by atoms with Crippen molar-refractivity contribution in [2.24, 2.45) is 4.99 Å². The zero-order valence-corrected chi connectivity index (χ0v) is 16.1. The van der Waals surface area contributed by atoms with Crippen LogP contribution in [0.3, 0.4) is 0 Å². The molecule has 1 aliphatic heterocycles. The van der Waals surface area contributed by atoms with Gasteiger partial charge in [0.25, 0.3) is 0 Å². The number of aromatic nitrogens is 1. The number of benzene rings is 1. The molecular weight excluding hydrogens is 422 g/mol. The molecule has 0 bridgehead atoms. The molecular formula is C17H24FIN4O. The van der Waals surface area contributed by atoms with Crippen LogP contribution in [0.15, 0.2) is 29.4 Å². The maximum Gasteiger partial charge on any atom is 0.194 e. The fraction of sp³-hybridized carbons (Fsp3) is 0.471. The van der Waals surface area contributed by atoms with Gasteiger partial charge in [-0.3, -0.25) is 4.99 Å². The number of fused-ring (bicyclic) bond motifs is 1. The lowest BCUT2D eigenvalue weighted by molar-refractivity contribution is 0.188. The molecule has 2 aromatic rings. The first-order valence-electron chi connectivity index (χ1n) is 8.14. The molecule has 7 heteroatoms. The third-order valence-electron chi connectivity index (χ3n) is 4.17. The van der Waals surface area contributed by atoms with Gasteiger partial charge in [-0.2, -0.15) is 0 Å². The van der Waals surface area contributed by atoms with Crippen LogP contribution >= 0.6 is 24.0 Å². The predicted octanol–water partition coefficient (Wildman–Crippen LogP) is 2.50. The summed E-state index contributed by atoms with van der Waals surface area (Å²) in [5, 5.41) is 14.0. The van der Waals surface area contributed by atoms with Crippen molar-refractivity contribution >= 4 is 40.8 Å². The lowest BCUT2D eigenvalue weighted by Crippen LogP contribution is -2.40. The van der Waals surface area contributed by atoms with E-state index in [2.05, 4.69) is 20.2 Å². The van der Waals surface area contributed by atoms with Crippen LogP contribution in [-0.2, 0) is 6.42 Å². The normalized spacial score (nSPS) is 18.0. The lowest BCUT2D eigenvalue weighted by Gasteiger charge is -2.20. The van der Waals surface area contributed by atoms with Gasteiger partial charge in [-0.15, -0.1) is 24.0 Å². The summed E-state index contributed by atoms with van der Waals surface area (Å²) in [7, 11) is 0. The first-order valence-corrected chi connectivity index (χ1v) is 8.14. The topological polar surface area (TPSA) is 63.7 Å². The highest BCUT2D eigenvalue weighted by molar-refractivity contribution is 14.0. The summed E-state index contributed by atoms with van der Waals surface area (Å²) in [6.45, 7) is 4.96. The number of aliphatic imine (C=N–C) groups is 1. The van der Waals surface area contributed by atoms with Crippen LogP contribution < -0.4 is 5.32 Å². The quantitative estimate of drug-likeness (QED) is 0.384. The molecule has 1 atom stereocenters. The zero-order valence-electron chi connectivity index (χ0n) is 13.8. The Labute approximate surface area is 158 Å². The highest BCUT2D eigenvalue weighted by atomic mass is 127. The number of aliphatic hydroxyl groups excluding tert-OH is 1. The Morgan fingerprint density at radius 1 is 1.50 bits per heavy atom. The number of likely N-dealkylation sites (tertiary alicyclic amines) is 1. The third kappa shape index (κ3) is 4.38. The van der Waals surface area contributed by atoms with E-state index in [0.717, 1.165) is 48.4 Å². The number of aromatic amines is 1. The van der Waals surface area contributed by atoms with E-state index in [4.69, 9.17) is 0 Å². The monoisotopic (exact) mass is 446 g/mol. The molecule has 5 nitrogen and oxygen atoms in total. The van der Waals surface area contributed by atoms with Crippen molar-refractivity contribution in [1.29, 1.82) is 0 Å². The van der Waals surface area contributed by atoms with Crippen molar-refractivity contribution in [3.05, 3.63) is 35.8 Å². The maximum atomic E-state index is 13.2. The molecule has 0 aliphatic carbocycles. The average Bonchev–Trinajstić information content (AvgIpc) is 3.13. The van der Waals surface area contributed by atoms with Crippen molar-refractivity contribution in [3.8, 4) is 0 Å². The van der Waals surface area contributed by atoms with Crippen molar-refractivity contribution in [2.75, 3.05) is 26.2 Å². The van der Waals surface area contributed by atoms with Crippen molar-refractivity contribution in [3.63, 3.8) is 0 Å². The number of β-amino-alcohol motifs (C(OH)–C–C–N with tert-alkyl or cyclic N) is 1. The minimum absolute atomic E-state index is 0. The van der Waals surface area contributed by atoms with Gasteiger partial charge in [0, 0.05) is 43.3 Å². The van der Waals surface area contributed by atoms with E-state index in [1.165, 1.54) is 12.1 Å². The summed E-state index contributed by atoms with van der Waals surface area (Å²) in [5.41, 5.74) is 1.96. The van der Waals surface area contributed by atoms with E-state index >= 15 is 0 Å². The Balaban J connectivity index is 0.00000208. The van der Waals surface area contributed by atoms with Crippen LogP contribution in [0.2, 0.25) is 0 Å². The molecule has 132 valence electrons. The van der Waals surface area contributed by atoms with E-state index in [1.807, 2.05) is 19.2 Å². The van der Waals surface area contributed by atoms with Gasteiger partial charge in [-0.1, -0.05) is 0 Å². The molecule has 3 rings (SSSR count). The number of nitrogens with zero attached hydrogens (tertiary/aromatic N) is 2. The molecule has 1 aromatic heterocycles. The number of H-pyrrole nitrogens is 1. The summed E-state index contributed by atoms with van der Waals surface area (Å²) >= 11 is 0. The molecule has 1 fully saturated rings. The fourth-order valence-corrected chi connectivity index (χ4v) is 3.01. The van der Waals surface area contributed by atoms with Gasteiger partial charge in [-0.05, 0) is 43.5 Å². The van der Waals surface area contributed by atoms with E-state index in [9.17, 15) is 9.50 Å². The summed E-state index contributed by atoms with van der Waals surface area (Å²) < 4.78 is 13.2. The minimum atomic E-state index is -0.262. The number of hydrogen-bond donors (Lipinski definition) is 3. The van der Waals surface area contributed by atoms with Crippen molar-refractivity contribution < 1.29 is 9.50 Å². The number of rotatable bonds is 4. The predicted molar refractivity (Wildman–Crippen MR) is 106 cm³/mol. The standard InChI is InChI=1S/C17H23FN4O.HI/c1-2-19-17(22-8-6-14(23)11-22)20-7-5-12-10-21-16-9-13(18)3-4-15(12)16;/h3-4,9-10,14,21,23H,2,5-8,11H2,1H3,(H,19,20);1H/t14-;/m1./s1. The van der Waals surface area contributed by atoms with E-state index in [1.54, 1.807) is 0 Å². The molecule has 0 saturated carbocycles. The van der Waals surface area contributed by atoms with E-state index in [0.29, 0.717) is 13.1 Å². The second kappa shape index (κ2) is 8.66. The van der Waals surface area contributed by atoms with Crippen LogP contribution in [0.25, 0.3) is 10.9 Å². The molecule has 0 amide bonds. The molecule has 1 saturated heterocycles. The first-order chi connectivity index (χ1) is 11.2. The van der Waals surface area contributed by atoms with Crippen LogP contribution in [0, 0.1) is 5.82 Å². The summed E-state index contributed by atoms with van der Waals surface area (Å²) in [6, 6.07) is 4.80. The van der Waals surface area contributed by atoms with E-state index < -0.39 is 0 Å². The first kappa shape index (κ1) is 19.0. The van der Waals surface area contributed by atoms with Crippen LogP contribution in [0.5, 0.6) is 0 Å². The molecule has 0 spiro atoms. The van der Waals surface area contributed by atoms with Crippen molar-refractivity contribution in [1.82, 2.24) is 15.2 Å². The van der Waals surface area contributed by atoms with Gasteiger partial charge in [0.1, 0.15) is 5.82 Å². The maximum absolute atomic E-state index is 13.2. The molecule has 0 radical (unpaired) electrons. The minimum Gasteiger partial charge on any atom is -0.391 e. The largest absolute Gasteiger partial charge is 0.391 e. The fourth-order valence-electron chi connectivity index (χ4n) is 3.01. The Kier molecular flexibility index (Phi) is 6.85. The Morgan fingerprint density at radius 3 is 3.04 bits per heavy atom. The average molecular weight is 446 g/mol. The highest BCUT2D eigenvalue weighted by Gasteiger charge is 2.22. The number of aliphatic hydroxyl groups is 1. The summed E-state index contributed by atoms with van der Waals surface area (Å²) in [5.74, 6) is 0.626. The molecule has 2 heterocycles. The second-order valence-corrected chi connectivity index (χ2v) is 5.88. The highest BCUT2D eigenvalue weighted by Crippen LogP contribution is 2.19. The number of guanidine groups is 1. The number of nitrogens with one attached hydrogen (secondary N) is 2. The Morgan fingerprint density at radius 2 is 2.33 bits per heavy atom. The van der Waals surface area contributed by atoms with Crippen molar-refractivity contribution in [2.45, 2.75) is 25.9 Å². The van der Waals surface area contributed by atoms with E-state index in [-0.39, 0.29) is 35.9 Å². The van der Waals surface area contributed by atoms with Crippen LogP contribution in [0.4, 0.5) is 4.39 Å². The molecule has 24 heavy (non-hydrogen) atoms. The van der Waals surface area contributed by atoms with Gasteiger partial charge in [-0.25, -0.2) is 4.39 Å². The van der Waals surface area contributed by atoms with Crippen LogP contribution in [0.1, 0.15) is 18.9 Å². The number of halogens is 2. The lowest BCUT2D eigenvalue weighted by atomic mass is 10.1. The molecule has 3 N–H and O–H groups in total. The summed E-state index contributed by atoms with van der Waals surface area (Å²) in [6.07, 6.45) is 3.24. The Hall–Kier alpha value is -1.35. The molecule has 0 unspecified atom stereocenters. The number of hydrogen-bond acceptors (Lipinski definition) is 2. The van der Waals surface area contributed by atoms with Gasteiger partial charge >= 0.3 is 0 Å². The second-order valence-electron chi connectivity index (χ2n) is 5.88. The van der Waals surface area contributed by atoms with Gasteiger partial charge in [0.15, 0.2) is 5.96 Å². The zero-order chi connectivity index (χ0) is 16.2. The Bertz CT molecular complexity index is 703. The van der Waals surface area contributed by atoms with Crippen LogP contribution in [-0.4, -0.2) is 53.2 Å². The molecule has 1 aliphatic rings. The molecule has 1 aromatic carbocycles. The smallest absolute Gasteiger partial charge is 0.194 e. The van der Waals surface area contributed by atoms with Gasteiger partial charge in [0.2, 0.25) is 0 Å². The SMILES string of the molecule is CCNC(=NCCc1c[nH]c2cc(F)ccc12)N1CC[C@@H](O)C1.I. The summed E-state index contributed by atoms with van der Waals surface area (Å²) in [4.78, 5) is 9.86. The van der Waals surface area contributed by atoms with Gasteiger partial charge < -0.3 is 20.3 Å². The third-order valence-corrected chi connectivity index (χ3v) is 4.17. The van der Waals surface area contributed by atoms with Gasteiger partial charge in [0.05, 0.1) is 6.10 Å².